The second-order valence-electron chi connectivity index (χ2n) is 6.03. The lowest BCUT2D eigenvalue weighted by molar-refractivity contribution is 0.0903. The van der Waals surface area contributed by atoms with Gasteiger partial charge >= 0.3 is 0 Å². The number of aryl methyl sites for hydroxylation is 1. The Morgan fingerprint density at radius 2 is 2.24 bits per heavy atom. The molecule has 0 aliphatic carbocycles. The second kappa shape index (κ2) is 6.58. The minimum atomic E-state index is -0.140. The van der Waals surface area contributed by atoms with Gasteiger partial charge in [-0.2, -0.15) is 0 Å². The fourth-order valence-electron chi connectivity index (χ4n) is 3.13. The minimum Gasteiger partial charge on any atom is -0.380 e. The van der Waals surface area contributed by atoms with E-state index in [1.54, 1.807) is 13.0 Å². The third kappa shape index (κ3) is 3.63. The first kappa shape index (κ1) is 14.5. The number of aromatic nitrogens is 1. The summed E-state index contributed by atoms with van der Waals surface area (Å²) in [5, 5.41) is 6.70. The van der Waals surface area contributed by atoms with Gasteiger partial charge in [0.15, 0.2) is 5.69 Å². The van der Waals surface area contributed by atoms with Gasteiger partial charge in [0.2, 0.25) is 0 Å². The van der Waals surface area contributed by atoms with Crippen molar-refractivity contribution in [2.75, 3.05) is 32.8 Å². The van der Waals surface area contributed by atoms with Gasteiger partial charge in [-0.25, -0.2) is 0 Å². The first-order chi connectivity index (χ1) is 10.2. The van der Waals surface area contributed by atoms with Crippen LogP contribution in [0.1, 0.15) is 35.5 Å². The molecule has 1 aromatic heterocycles. The van der Waals surface area contributed by atoms with Crippen molar-refractivity contribution in [3.8, 4) is 0 Å². The molecule has 1 unspecified atom stereocenters. The molecule has 0 saturated carbocycles. The van der Waals surface area contributed by atoms with Crippen molar-refractivity contribution in [3.05, 3.63) is 17.5 Å². The van der Waals surface area contributed by atoms with E-state index in [0.29, 0.717) is 23.4 Å². The molecule has 2 aliphatic heterocycles. The molecule has 1 atom stereocenters. The molecule has 0 radical (unpaired) electrons. The highest BCUT2D eigenvalue weighted by molar-refractivity contribution is 5.92. The van der Waals surface area contributed by atoms with E-state index in [1.807, 2.05) is 0 Å². The molecule has 6 nitrogen and oxygen atoms in total. The van der Waals surface area contributed by atoms with Crippen LogP contribution in [0, 0.1) is 12.8 Å². The molecule has 0 spiro atoms. The number of piperidine rings is 1. The van der Waals surface area contributed by atoms with Crippen molar-refractivity contribution in [3.63, 3.8) is 0 Å². The number of carbonyl (C=O) groups excluding carboxylic acids is 1. The summed E-state index contributed by atoms with van der Waals surface area (Å²) in [4.78, 5) is 14.4. The summed E-state index contributed by atoms with van der Waals surface area (Å²) in [5.74, 6) is 1.08. The lowest BCUT2D eigenvalue weighted by atomic mass is 9.95. The van der Waals surface area contributed by atoms with E-state index in [2.05, 4.69) is 15.4 Å². The van der Waals surface area contributed by atoms with Crippen molar-refractivity contribution in [1.82, 2.24) is 15.4 Å². The van der Waals surface area contributed by atoms with E-state index in [1.165, 1.54) is 0 Å². The summed E-state index contributed by atoms with van der Waals surface area (Å²) in [7, 11) is 0. The third-order valence-electron chi connectivity index (χ3n) is 4.48. The number of ether oxygens (including phenoxy) is 1. The summed E-state index contributed by atoms with van der Waals surface area (Å²) in [6.07, 6.45) is 3.43. The summed E-state index contributed by atoms with van der Waals surface area (Å²) in [5.41, 5.74) is 0.369. The molecule has 1 aromatic rings. The van der Waals surface area contributed by atoms with Crippen molar-refractivity contribution in [1.29, 1.82) is 0 Å². The molecular weight excluding hydrogens is 270 g/mol. The molecule has 1 N–H and O–H groups in total. The predicted molar refractivity (Wildman–Crippen MR) is 77.1 cm³/mol. The highest BCUT2D eigenvalue weighted by Gasteiger charge is 2.27. The number of nitrogens with zero attached hydrogens (tertiary/aromatic N) is 2. The molecule has 0 bridgehead atoms. The van der Waals surface area contributed by atoms with E-state index in [0.717, 1.165) is 52.1 Å². The van der Waals surface area contributed by atoms with E-state index in [9.17, 15) is 4.79 Å². The zero-order valence-corrected chi connectivity index (χ0v) is 12.5. The zero-order chi connectivity index (χ0) is 14.7. The van der Waals surface area contributed by atoms with Gasteiger partial charge in [-0.05, 0) is 45.2 Å². The summed E-state index contributed by atoms with van der Waals surface area (Å²) < 4.78 is 10.4. The maximum atomic E-state index is 11.9. The van der Waals surface area contributed by atoms with Crippen LogP contribution in [-0.4, -0.2) is 54.9 Å². The summed E-state index contributed by atoms with van der Waals surface area (Å²) >= 11 is 0. The number of likely N-dealkylation sites (tertiary alicyclic amines) is 1. The fraction of sp³-hybridized carbons (Fsp3) is 0.733. The largest absolute Gasteiger partial charge is 0.380 e. The Labute approximate surface area is 124 Å². The first-order valence-electron chi connectivity index (χ1n) is 7.75. The molecule has 0 aromatic carbocycles. The van der Waals surface area contributed by atoms with Gasteiger partial charge in [0.1, 0.15) is 5.76 Å². The Balaban J connectivity index is 1.40. The average molecular weight is 293 g/mol. The normalized spacial score (nSPS) is 24.3. The van der Waals surface area contributed by atoms with Gasteiger partial charge in [0, 0.05) is 25.3 Å². The standard InChI is InChI=1S/C15H23N3O3/c1-11-8-14(17-21-11)15(19)16-9-12-2-5-18(6-3-12)13-4-7-20-10-13/h8,12-13H,2-7,9-10H2,1H3,(H,16,19). The molecule has 21 heavy (non-hydrogen) atoms. The van der Waals surface area contributed by atoms with Crippen LogP contribution < -0.4 is 5.32 Å². The highest BCUT2D eigenvalue weighted by Crippen LogP contribution is 2.22. The van der Waals surface area contributed by atoms with Crippen molar-refractivity contribution < 1.29 is 14.1 Å². The number of rotatable bonds is 4. The molecule has 2 aliphatic rings. The SMILES string of the molecule is Cc1cc(C(=O)NCC2CCN(C3CCOC3)CC2)no1. The Hall–Kier alpha value is -1.40. The number of amides is 1. The molecular formula is C15H23N3O3. The van der Waals surface area contributed by atoms with Crippen LogP contribution in [0.3, 0.4) is 0 Å². The molecule has 2 saturated heterocycles. The van der Waals surface area contributed by atoms with E-state index < -0.39 is 0 Å². The topological polar surface area (TPSA) is 67.6 Å². The zero-order valence-electron chi connectivity index (χ0n) is 12.5. The molecule has 3 rings (SSSR count). The van der Waals surface area contributed by atoms with E-state index in [-0.39, 0.29) is 5.91 Å². The van der Waals surface area contributed by atoms with Gasteiger partial charge in [-0.1, -0.05) is 5.16 Å². The van der Waals surface area contributed by atoms with Crippen LogP contribution in [0.2, 0.25) is 0 Å². The predicted octanol–water partition coefficient (Wildman–Crippen LogP) is 1.21. The molecule has 1 amide bonds. The van der Waals surface area contributed by atoms with Crippen molar-refractivity contribution >= 4 is 5.91 Å². The van der Waals surface area contributed by atoms with Gasteiger partial charge < -0.3 is 14.6 Å². The summed E-state index contributed by atoms with van der Waals surface area (Å²) in [6.45, 7) is 6.51. The molecule has 2 fully saturated rings. The van der Waals surface area contributed by atoms with Gasteiger partial charge in [-0.15, -0.1) is 0 Å². The van der Waals surface area contributed by atoms with Gasteiger partial charge in [-0.3, -0.25) is 9.69 Å². The van der Waals surface area contributed by atoms with Crippen LogP contribution in [-0.2, 0) is 4.74 Å². The Kier molecular flexibility index (Phi) is 4.55. The Morgan fingerprint density at radius 3 is 2.86 bits per heavy atom. The molecule has 116 valence electrons. The number of nitrogens with one attached hydrogen (secondary N) is 1. The van der Waals surface area contributed by atoms with Gasteiger partial charge in [0.05, 0.1) is 6.61 Å². The minimum absolute atomic E-state index is 0.140. The maximum absolute atomic E-state index is 11.9. The lowest BCUT2D eigenvalue weighted by Crippen LogP contribution is -2.44. The third-order valence-corrected chi connectivity index (χ3v) is 4.48. The Bertz CT molecular complexity index is 474. The van der Waals surface area contributed by atoms with Crippen LogP contribution in [0.4, 0.5) is 0 Å². The van der Waals surface area contributed by atoms with Crippen LogP contribution in [0.15, 0.2) is 10.6 Å². The van der Waals surface area contributed by atoms with Crippen LogP contribution in [0.25, 0.3) is 0 Å². The fourth-order valence-corrected chi connectivity index (χ4v) is 3.13. The number of carbonyl (C=O) groups is 1. The van der Waals surface area contributed by atoms with Crippen molar-refractivity contribution in [2.24, 2.45) is 5.92 Å². The Morgan fingerprint density at radius 1 is 1.43 bits per heavy atom. The number of hydrogen-bond acceptors (Lipinski definition) is 5. The molecule has 3 heterocycles. The molecule has 6 heteroatoms. The van der Waals surface area contributed by atoms with E-state index >= 15 is 0 Å². The van der Waals surface area contributed by atoms with Crippen LogP contribution in [0.5, 0.6) is 0 Å². The number of hydrogen-bond donors (Lipinski definition) is 1. The second-order valence-corrected chi connectivity index (χ2v) is 6.03. The van der Waals surface area contributed by atoms with Crippen LogP contribution >= 0.6 is 0 Å². The quantitative estimate of drug-likeness (QED) is 0.904. The summed E-state index contributed by atoms with van der Waals surface area (Å²) in [6, 6.07) is 2.27. The average Bonchev–Trinajstić information content (AvgIpc) is 3.16. The monoisotopic (exact) mass is 293 g/mol. The maximum Gasteiger partial charge on any atom is 0.273 e. The first-order valence-corrected chi connectivity index (χ1v) is 7.75. The lowest BCUT2D eigenvalue weighted by Gasteiger charge is -2.35. The van der Waals surface area contributed by atoms with Gasteiger partial charge in [0.25, 0.3) is 5.91 Å². The smallest absolute Gasteiger partial charge is 0.273 e. The van der Waals surface area contributed by atoms with E-state index in [4.69, 9.17) is 9.26 Å². The highest BCUT2D eigenvalue weighted by atomic mass is 16.5. The van der Waals surface area contributed by atoms with Crippen molar-refractivity contribution in [2.45, 2.75) is 32.2 Å².